The van der Waals surface area contributed by atoms with Gasteiger partial charge in [0, 0.05) is 10.6 Å². The van der Waals surface area contributed by atoms with Crippen LogP contribution in [0, 0.1) is 0 Å². The number of anilines is 1. The van der Waals surface area contributed by atoms with Crippen molar-refractivity contribution in [1.82, 2.24) is 5.32 Å². The highest BCUT2D eigenvalue weighted by molar-refractivity contribution is 6.30. The lowest BCUT2D eigenvalue weighted by Crippen LogP contribution is -2.41. The van der Waals surface area contributed by atoms with Gasteiger partial charge in [-0.1, -0.05) is 23.7 Å². The molecule has 0 aliphatic carbocycles. The summed E-state index contributed by atoms with van der Waals surface area (Å²) in [7, 11) is 0. The minimum atomic E-state index is -0.706. The highest BCUT2D eigenvalue weighted by atomic mass is 35.5. The SMILES string of the molecule is CCOc1ccccc1NC(=O)C(C)NC(=O)c1ccc(Cl)cc1. The number of nitrogens with one attached hydrogen (secondary N) is 2. The van der Waals surface area contributed by atoms with Gasteiger partial charge >= 0.3 is 0 Å². The molecule has 2 aromatic carbocycles. The Morgan fingerprint density at radius 3 is 2.46 bits per heavy atom. The quantitative estimate of drug-likeness (QED) is 0.841. The number of carbonyl (C=O) groups excluding carboxylic acids is 2. The van der Waals surface area contributed by atoms with E-state index in [1.807, 2.05) is 13.0 Å². The molecule has 2 aromatic rings. The summed E-state index contributed by atoms with van der Waals surface area (Å²) in [5.74, 6) is -0.0820. The van der Waals surface area contributed by atoms with E-state index in [2.05, 4.69) is 10.6 Å². The van der Waals surface area contributed by atoms with Crippen LogP contribution in [0.1, 0.15) is 24.2 Å². The number of rotatable bonds is 6. The topological polar surface area (TPSA) is 67.4 Å². The summed E-state index contributed by atoms with van der Waals surface area (Å²) in [6.07, 6.45) is 0. The van der Waals surface area contributed by atoms with Crippen molar-refractivity contribution in [3.63, 3.8) is 0 Å². The third kappa shape index (κ3) is 4.73. The molecule has 2 rings (SSSR count). The smallest absolute Gasteiger partial charge is 0.251 e. The molecule has 0 saturated heterocycles. The van der Waals surface area contributed by atoms with Crippen molar-refractivity contribution in [2.75, 3.05) is 11.9 Å². The lowest BCUT2D eigenvalue weighted by Gasteiger charge is -2.16. The number of para-hydroxylation sites is 2. The van der Waals surface area contributed by atoms with Crippen molar-refractivity contribution in [1.29, 1.82) is 0 Å². The first-order valence-corrected chi connectivity index (χ1v) is 7.98. The van der Waals surface area contributed by atoms with E-state index in [1.165, 1.54) is 0 Å². The van der Waals surface area contributed by atoms with Crippen LogP contribution in [-0.2, 0) is 4.79 Å². The molecule has 126 valence electrons. The highest BCUT2D eigenvalue weighted by Gasteiger charge is 2.18. The van der Waals surface area contributed by atoms with Crippen LogP contribution in [0.5, 0.6) is 5.75 Å². The van der Waals surface area contributed by atoms with Gasteiger partial charge < -0.3 is 15.4 Å². The first-order chi connectivity index (χ1) is 11.5. The van der Waals surface area contributed by atoms with E-state index < -0.39 is 6.04 Å². The van der Waals surface area contributed by atoms with E-state index in [0.717, 1.165) is 0 Å². The Balaban J connectivity index is 1.99. The van der Waals surface area contributed by atoms with E-state index >= 15 is 0 Å². The van der Waals surface area contributed by atoms with Gasteiger partial charge in [-0.25, -0.2) is 0 Å². The summed E-state index contributed by atoms with van der Waals surface area (Å²) in [4.78, 5) is 24.4. The number of hydrogen-bond donors (Lipinski definition) is 2. The van der Waals surface area contributed by atoms with Gasteiger partial charge in [0.05, 0.1) is 12.3 Å². The summed E-state index contributed by atoms with van der Waals surface area (Å²) in [5, 5.41) is 5.96. The maximum absolute atomic E-state index is 12.3. The summed E-state index contributed by atoms with van der Waals surface area (Å²) < 4.78 is 5.46. The molecule has 1 unspecified atom stereocenters. The Morgan fingerprint density at radius 2 is 1.79 bits per heavy atom. The molecule has 0 aliphatic rings. The van der Waals surface area contributed by atoms with Gasteiger partial charge in [-0.3, -0.25) is 9.59 Å². The molecule has 0 fully saturated rings. The number of carbonyl (C=O) groups is 2. The third-order valence-corrected chi connectivity index (χ3v) is 3.54. The number of ether oxygens (including phenoxy) is 1. The number of halogens is 1. The maximum atomic E-state index is 12.3. The second kappa shape index (κ2) is 8.36. The van der Waals surface area contributed by atoms with E-state index in [-0.39, 0.29) is 11.8 Å². The van der Waals surface area contributed by atoms with Crippen LogP contribution in [0.25, 0.3) is 0 Å². The molecule has 0 heterocycles. The molecule has 0 bridgehead atoms. The average molecular weight is 347 g/mol. The van der Waals surface area contributed by atoms with Crippen LogP contribution in [0.4, 0.5) is 5.69 Å². The largest absolute Gasteiger partial charge is 0.492 e. The van der Waals surface area contributed by atoms with Crippen molar-refractivity contribution in [2.24, 2.45) is 0 Å². The standard InChI is InChI=1S/C18H19ClN2O3/c1-3-24-16-7-5-4-6-15(16)21-17(22)12(2)20-18(23)13-8-10-14(19)11-9-13/h4-12H,3H2,1-2H3,(H,20,23)(H,21,22). The summed E-state index contributed by atoms with van der Waals surface area (Å²) in [5.41, 5.74) is 1.01. The Hall–Kier alpha value is -2.53. The molecule has 1 atom stereocenters. The number of benzene rings is 2. The molecule has 5 nitrogen and oxygen atoms in total. The summed E-state index contributed by atoms with van der Waals surface area (Å²) in [6, 6.07) is 12.9. The fourth-order valence-electron chi connectivity index (χ4n) is 2.04. The van der Waals surface area contributed by atoms with Crippen molar-refractivity contribution >= 4 is 29.1 Å². The Morgan fingerprint density at radius 1 is 1.12 bits per heavy atom. The Labute approximate surface area is 146 Å². The molecule has 2 amide bonds. The molecule has 0 aromatic heterocycles. The van der Waals surface area contributed by atoms with Gasteiger partial charge in [0.1, 0.15) is 11.8 Å². The number of hydrogen-bond acceptors (Lipinski definition) is 3. The second-order valence-electron chi connectivity index (χ2n) is 5.12. The van der Waals surface area contributed by atoms with E-state index in [1.54, 1.807) is 49.4 Å². The maximum Gasteiger partial charge on any atom is 0.251 e. The lowest BCUT2D eigenvalue weighted by molar-refractivity contribution is -0.117. The van der Waals surface area contributed by atoms with Crippen molar-refractivity contribution < 1.29 is 14.3 Å². The van der Waals surface area contributed by atoms with E-state index in [0.29, 0.717) is 28.6 Å². The van der Waals surface area contributed by atoms with Gasteiger partial charge in [0.25, 0.3) is 5.91 Å². The lowest BCUT2D eigenvalue weighted by atomic mass is 10.2. The first kappa shape index (κ1) is 17.8. The fourth-order valence-corrected chi connectivity index (χ4v) is 2.17. The van der Waals surface area contributed by atoms with Gasteiger partial charge in [0.2, 0.25) is 5.91 Å². The highest BCUT2D eigenvalue weighted by Crippen LogP contribution is 2.23. The van der Waals surface area contributed by atoms with Gasteiger partial charge in [-0.2, -0.15) is 0 Å². The van der Waals surface area contributed by atoms with Crippen LogP contribution in [-0.4, -0.2) is 24.5 Å². The molecule has 24 heavy (non-hydrogen) atoms. The molecule has 0 saturated carbocycles. The van der Waals surface area contributed by atoms with Gasteiger partial charge in [0.15, 0.2) is 0 Å². The monoisotopic (exact) mass is 346 g/mol. The predicted octanol–water partition coefficient (Wildman–Crippen LogP) is 3.50. The van der Waals surface area contributed by atoms with Crippen LogP contribution < -0.4 is 15.4 Å². The Kier molecular flexibility index (Phi) is 6.21. The first-order valence-electron chi connectivity index (χ1n) is 7.60. The molecular formula is C18H19ClN2O3. The van der Waals surface area contributed by atoms with Crippen molar-refractivity contribution in [3.05, 3.63) is 59.1 Å². The molecule has 0 spiro atoms. The van der Waals surface area contributed by atoms with Crippen LogP contribution in [0.2, 0.25) is 5.02 Å². The van der Waals surface area contributed by atoms with Gasteiger partial charge in [-0.05, 0) is 50.2 Å². The normalized spacial score (nSPS) is 11.5. The molecule has 6 heteroatoms. The minimum Gasteiger partial charge on any atom is -0.492 e. The Bertz CT molecular complexity index is 716. The molecule has 2 N–H and O–H groups in total. The van der Waals surface area contributed by atoms with Crippen molar-refractivity contribution in [2.45, 2.75) is 19.9 Å². The van der Waals surface area contributed by atoms with E-state index in [9.17, 15) is 9.59 Å². The van der Waals surface area contributed by atoms with Crippen LogP contribution in [0.15, 0.2) is 48.5 Å². The van der Waals surface area contributed by atoms with Crippen LogP contribution >= 0.6 is 11.6 Å². The predicted molar refractivity (Wildman–Crippen MR) is 94.6 cm³/mol. The van der Waals surface area contributed by atoms with Gasteiger partial charge in [-0.15, -0.1) is 0 Å². The number of amides is 2. The average Bonchev–Trinajstić information content (AvgIpc) is 2.57. The zero-order valence-corrected chi connectivity index (χ0v) is 14.3. The fraction of sp³-hybridized carbons (Fsp3) is 0.222. The van der Waals surface area contributed by atoms with E-state index in [4.69, 9.17) is 16.3 Å². The summed E-state index contributed by atoms with van der Waals surface area (Å²) in [6.45, 7) is 3.98. The zero-order chi connectivity index (χ0) is 17.5. The third-order valence-electron chi connectivity index (χ3n) is 3.29. The second-order valence-corrected chi connectivity index (χ2v) is 5.56. The van der Waals surface area contributed by atoms with Crippen LogP contribution in [0.3, 0.4) is 0 Å². The minimum absolute atomic E-state index is 0.329. The zero-order valence-electron chi connectivity index (χ0n) is 13.5. The molecule has 0 aliphatic heterocycles. The summed E-state index contributed by atoms with van der Waals surface area (Å²) >= 11 is 5.80. The molecular weight excluding hydrogens is 328 g/mol. The van der Waals surface area contributed by atoms with Crippen molar-refractivity contribution in [3.8, 4) is 5.75 Å². The molecule has 0 radical (unpaired) electrons.